The van der Waals surface area contributed by atoms with Crippen molar-refractivity contribution in [1.29, 1.82) is 0 Å². The molecule has 0 spiro atoms. The van der Waals surface area contributed by atoms with Crippen molar-refractivity contribution in [3.05, 3.63) is 0 Å². The quantitative estimate of drug-likeness (QED) is 0.110. The van der Waals surface area contributed by atoms with Crippen molar-refractivity contribution < 1.29 is 301 Å². The monoisotopic (exact) mass is 726 g/mol. The first-order valence-corrected chi connectivity index (χ1v) is 9.47. The van der Waals surface area contributed by atoms with E-state index >= 15 is 0 Å². The van der Waals surface area contributed by atoms with E-state index in [1.54, 1.807) is 0 Å². The summed E-state index contributed by atoms with van der Waals surface area (Å²) in [5, 5.41) is 99.3. The minimum Gasteiger partial charge on any atom is -0.550 e. The maximum atomic E-state index is 10.6. The maximum Gasteiger partial charge on any atom is 1.00 e. The zero-order chi connectivity index (χ0) is 31.9. The first-order valence-electron chi connectivity index (χ1n) is 9.47. The van der Waals surface area contributed by atoms with Crippen LogP contribution in [0, 0.1) is 0 Å². The van der Waals surface area contributed by atoms with E-state index in [0.29, 0.717) is 0 Å². The normalized spacial score (nSPS) is 9.20. The van der Waals surface area contributed by atoms with Gasteiger partial charge in [0.1, 0.15) is 5.60 Å². The van der Waals surface area contributed by atoms with Crippen LogP contribution in [-0.2, 0) is 43.2 Å². The molecule has 46 heavy (non-hydrogen) atoms. The molecule has 5 N–H and O–H groups in total. The second-order valence-corrected chi connectivity index (χ2v) is 7.50. The number of aliphatic hydroxyl groups is 1. The van der Waals surface area contributed by atoms with Crippen LogP contribution in [0.15, 0.2) is 0 Å². The van der Waals surface area contributed by atoms with Gasteiger partial charge in [-0.2, -0.15) is 0 Å². The second kappa shape index (κ2) is 35.5. The van der Waals surface area contributed by atoms with E-state index < -0.39 is 109 Å². The fraction of sp³-hybridized carbons (Fsp3) is 0.500. The molecule has 0 unspecified atom stereocenters. The fourth-order valence-electron chi connectivity index (χ4n) is 2.54. The summed E-state index contributed by atoms with van der Waals surface area (Å²) >= 11 is 0. The Kier molecular flexibility index (Phi) is 56.8. The molecule has 0 radical (unpaired) electrons. The molecule has 21 nitrogen and oxygen atoms in total. The Labute approximate surface area is 414 Å². The number of rotatable bonds is 14. The molecule has 0 heterocycles. The summed E-state index contributed by atoms with van der Waals surface area (Å²) in [7, 11) is 0. The van der Waals surface area contributed by atoms with Crippen LogP contribution >= 0.6 is 0 Å². The Balaban J connectivity index is -0.0000000549. The van der Waals surface area contributed by atoms with Gasteiger partial charge in [-0.05, 0) is 0 Å². The molecular weight excluding hydrogens is 709 g/mol. The van der Waals surface area contributed by atoms with Gasteiger partial charge in [-0.15, -0.1) is 0 Å². The Morgan fingerprint density at radius 3 is 0.630 bits per heavy atom. The maximum absolute atomic E-state index is 10.6. The largest absolute Gasteiger partial charge is 1.00 e. The van der Waals surface area contributed by atoms with E-state index in [2.05, 4.69) is 0 Å². The Bertz CT molecular complexity index is 915. The van der Waals surface area contributed by atoms with E-state index in [1.807, 2.05) is 0 Å². The molecule has 0 saturated heterocycles. The number of hydrogen-bond acceptors (Lipinski definition) is 21. The molecule has 0 aliphatic heterocycles. The van der Waals surface area contributed by atoms with Crippen molar-refractivity contribution in [3.8, 4) is 0 Å². The van der Waals surface area contributed by atoms with Crippen molar-refractivity contribution in [2.24, 2.45) is 11.5 Å². The van der Waals surface area contributed by atoms with E-state index in [0.717, 1.165) is 0 Å². The van der Waals surface area contributed by atoms with Gasteiger partial charge in [-0.3, -0.25) is 0 Å². The van der Waals surface area contributed by atoms with Crippen LogP contribution in [0.25, 0.3) is 0 Å². The number of carboxylic acids is 9. The third kappa shape index (κ3) is 35.9. The minimum absolute atomic E-state index is 0. The van der Waals surface area contributed by atoms with Crippen LogP contribution in [0.2, 0.25) is 0 Å². The third-order valence-corrected chi connectivity index (χ3v) is 4.25. The molecule has 0 aromatic rings. The van der Waals surface area contributed by atoms with Gasteiger partial charge in [0.15, 0.2) is 0 Å². The Morgan fingerprint density at radius 1 is 0.391 bits per heavy atom. The summed E-state index contributed by atoms with van der Waals surface area (Å²) in [6.07, 6.45) is -7.45. The van der Waals surface area contributed by atoms with E-state index in [4.69, 9.17) is 36.4 Å². The second-order valence-electron chi connectivity index (χ2n) is 7.50. The minimum atomic E-state index is -2.97. The smallest absolute Gasteiger partial charge is 0.550 e. The molecule has 0 aliphatic rings. The van der Waals surface area contributed by atoms with Gasteiger partial charge in [-0.25, -0.2) is 0 Å². The topological polar surface area (TPSA) is 433 Å². The van der Waals surface area contributed by atoms with Gasteiger partial charge in [-0.1, -0.05) is 0 Å². The van der Waals surface area contributed by atoms with Crippen LogP contribution in [0.5, 0.6) is 0 Å². The van der Waals surface area contributed by atoms with E-state index in [1.165, 1.54) is 0 Å². The van der Waals surface area contributed by atoms with Gasteiger partial charge in [0.25, 0.3) is 0 Å². The van der Waals surface area contributed by atoms with Gasteiger partial charge in [0.2, 0.25) is 0 Å². The van der Waals surface area contributed by atoms with Crippen LogP contribution in [0.4, 0.5) is 0 Å². The predicted molar refractivity (Wildman–Crippen MR) is 91.6 cm³/mol. The molecule has 0 fully saturated rings. The number of carboxylic acid groups (broad SMARTS) is 9. The summed E-state index contributed by atoms with van der Waals surface area (Å²) in [6.45, 7) is 0. The first kappa shape index (κ1) is 73.5. The van der Waals surface area contributed by atoms with Crippen molar-refractivity contribution in [2.45, 2.75) is 55.2 Å². The summed E-state index contributed by atoms with van der Waals surface area (Å²) in [6, 6.07) is 0. The van der Waals surface area contributed by atoms with Crippen LogP contribution in [0.1, 0.15) is 38.5 Å². The molecule has 222 valence electrons. The molecule has 0 amide bonds. The Morgan fingerprint density at radius 2 is 0.543 bits per heavy atom. The zero-order valence-electron chi connectivity index (χ0n) is 26.2. The molecule has 0 bridgehead atoms. The number of aliphatic carboxylic acids is 9. The predicted octanol–water partition coefficient (Wildman–Crippen LogP) is -36.8. The average molecular weight is 726 g/mol. The van der Waals surface area contributed by atoms with Crippen molar-refractivity contribution in [2.75, 3.05) is 0 Å². The Hall–Kier alpha value is 2.11. The third-order valence-electron chi connectivity index (χ3n) is 4.25. The van der Waals surface area contributed by atoms with Gasteiger partial charge < -0.3 is 106 Å². The molecular formula is C18H17N2Na7O19-2. The standard InChI is InChI=1S/C10H16N2O8.C6H8O7.C2H2O4.7Na/c11-9(1-5(13)14,2-6(15)16)10(12,3-7(17)18)4-8(19)20;7-3(8)1-6(13,5(11)12)2-4(9)10;3-1(4)2(5)6;;;;;;;/h1-4,11-12H2,(H,13,14)(H,15,16)(H,17,18)(H,19,20);13H,1-2H2,(H,7,8)(H,9,10)(H,11,12);(H,3,4)(H,5,6);;;;;;;/q;;;7*+1/p-9. The van der Waals surface area contributed by atoms with E-state index in [9.17, 15) is 69.3 Å². The van der Waals surface area contributed by atoms with Gasteiger partial charge >= 0.3 is 207 Å². The van der Waals surface area contributed by atoms with Gasteiger partial charge in [0, 0.05) is 85.4 Å². The van der Waals surface area contributed by atoms with Crippen molar-refractivity contribution >= 4 is 53.7 Å². The fourth-order valence-corrected chi connectivity index (χ4v) is 2.54. The van der Waals surface area contributed by atoms with Gasteiger partial charge in [0.05, 0.1) is 17.9 Å². The molecule has 0 aliphatic carbocycles. The molecule has 0 atom stereocenters. The summed E-state index contributed by atoms with van der Waals surface area (Å²) in [4.78, 5) is 90.4. The van der Waals surface area contributed by atoms with Crippen LogP contribution < -0.4 is 264 Å². The number of carbonyl (C=O) groups is 9. The van der Waals surface area contributed by atoms with E-state index in [-0.39, 0.29) is 207 Å². The van der Waals surface area contributed by atoms with Crippen molar-refractivity contribution in [1.82, 2.24) is 0 Å². The molecule has 0 aromatic carbocycles. The summed E-state index contributed by atoms with van der Waals surface area (Å²) in [5.74, 6) is -17.7. The zero-order valence-corrected chi connectivity index (χ0v) is 40.2. The summed E-state index contributed by atoms with van der Waals surface area (Å²) < 4.78 is 0. The van der Waals surface area contributed by atoms with Crippen molar-refractivity contribution in [3.63, 3.8) is 0 Å². The number of nitrogens with two attached hydrogens (primary N) is 2. The molecule has 28 heteroatoms. The first-order chi connectivity index (χ1) is 17.3. The molecule has 0 rings (SSSR count). The SMILES string of the molecule is NC(CC(=O)[O-])(CC(=O)[O-])C(N)(CC(=O)[O-])CC(=O)[O-].O=C([O-])C(=O)[O-].O=C([O-])CC(O)(CC(=O)[O-])C(=O)[O-].[Na+].[Na+].[Na+].[Na+].[Na+].[Na+].[Na+]. The number of carbonyl (C=O) groups excluding carboxylic acids is 9. The average Bonchev–Trinajstić information content (AvgIpc) is 2.64. The number of hydrogen-bond donors (Lipinski definition) is 3. The van der Waals surface area contributed by atoms with Crippen LogP contribution in [-0.4, -0.2) is 75.5 Å². The molecule has 0 saturated carbocycles. The summed E-state index contributed by atoms with van der Waals surface area (Å²) in [5.41, 5.74) is 3.23. The van der Waals surface area contributed by atoms with Crippen LogP contribution in [0.3, 0.4) is 0 Å². The molecule has 0 aromatic heterocycles.